The summed E-state index contributed by atoms with van der Waals surface area (Å²) in [6.45, 7) is 18.0. The van der Waals surface area contributed by atoms with Crippen molar-refractivity contribution in [3.8, 4) is 0 Å². The second kappa shape index (κ2) is 22.9. The first-order valence-corrected chi connectivity index (χ1v) is 25.0. The molecule has 4 aliphatic rings. The fourth-order valence-electron chi connectivity index (χ4n) is 11.6. The van der Waals surface area contributed by atoms with E-state index in [1.165, 1.54) is 21.1 Å². The summed E-state index contributed by atoms with van der Waals surface area (Å²) in [6.07, 6.45) is -8.48. The third-order valence-electron chi connectivity index (χ3n) is 15.5. The first-order chi connectivity index (χ1) is 34.3. The van der Waals surface area contributed by atoms with Crippen LogP contribution in [0, 0.1) is 22.2 Å². The number of Topliss-reactive ketones (excluding diaryl/α,β-unsaturated/α-hetero) is 2. The Morgan fingerprint density at radius 3 is 2.05 bits per heavy atom. The number of methoxy groups -OCH3 is 2. The van der Waals surface area contributed by atoms with E-state index in [-0.39, 0.29) is 50.2 Å². The van der Waals surface area contributed by atoms with E-state index in [1.807, 2.05) is 13.8 Å². The van der Waals surface area contributed by atoms with E-state index in [1.54, 1.807) is 116 Å². The van der Waals surface area contributed by atoms with Crippen molar-refractivity contribution in [2.45, 2.75) is 162 Å². The van der Waals surface area contributed by atoms with E-state index < -0.39 is 124 Å². The van der Waals surface area contributed by atoms with Gasteiger partial charge in [0.2, 0.25) is 6.10 Å². The Labute approximate surface area is 428 Å². The Balaban J connectivity index is 0.00000488. The first kappa shape index (κ1) is 58.4. The topological polar surface area (TPSA) is 252 Å². The lowest BCUT2D eigenvalue weighted by Crippen LogP contribution is -2.86. The highest BCUT2D eigenvalue weighted by Gasteiger charge is 2.84. The Morgan fingerprint density at radius 1 is 0.904 bits per heavy atom. The molecule has 2 saturated carbocycles. The van der Waals surface area contributed by atoms with Crippen molar-refractivity contribution in [2.24, 2.45) is 27.9 Å². The van der Waals surface area contributed by atoms with Crippen LogP contribution in [0.3, 0.4) is 0 Å². The molecule has 73 heavy (non-hydrogen) atoms. The van der Waals surface area contributed by atoms with Gasteiger partial charge in [0.05, 0.1) is 42.1 Å². The Kier molecular flexibility index (Phi) is 18.3. The molecule has 3 fully saturated rings. The van der Waals surface area contributed by atoms with Crippen LogP contribution in [0.25, 0.3) is 0 Å². The van der Waals surface area contributed by atoms with Crippen LogP contribution in [0.2, 0.25) is 0 Å². The number of hydrogen-bond acceptors (Lipinski definition) is 17. The second-order valence-electron chi connectivity index (χ2n) is 21.0. The van der Waals surface area contributed by atoms with Gasteiger partial charge in [-0.3, -0.25) is 19.2 Å². The zero-order valence-corrected chi connectivity index (χ0v) is 44.6. The summed E-state index contributed by atoms with van der Waals surface area (Å²) in [7, 11) is 2.81. The smallest absolute Gasteiger partial charge is 0.408 e. The van der Waals surface area contributed by atoms with E-state index in [9.17, 15) is 33.9 Å². The number of benzene rings is 2. The molecule has 1 saturated heterocycles. The summed E-state index contributed by atoms with van der Waals surface area (Å²) < 4.78 is 49.0. The maximum absolute atomic E-state index is 15.9. The number of carbonyl (C=O) groups is 7. The van der Waals surface area contributed by atoms with Crippen LogP contribution < -0.4 is 11.1 Å². The monoisotopic (exact) mass is 1020 g/mol. The highest BCUT2D eigenvalue weighted by atomic mass is 16.6. The molecule has 2 aromatic carbocycles. The lowest BCUT2D eigenvalue weighted by Gasteiger charge is -2.72. The summed E-state index contributed by atoms with van der Waals surface area (Å²) in [4.78, 5) is 98.0. The number of amides is 1. The molecular formula is C55H76N2O16. The zero-order chi connectivity index (χ0) is 54.5. The van der Waals surface area contributed by atoms with Gasteiger partial charge < -0.3 is 54.1 Å². The minimum Gasteiger partial charge on any atom is -0.462 e. The zero-order valence-electron chi connectivity index (χ0n) is 44.6. The van der Waals surface area contributed by atoms with Crippen molar-refractivity contribution in [1.82, 2.24) is 5.32 Å². The van der Waals surface area contributed by atoms with Crippen LogP contribution in [0.15, 0.2) is 71.8 Å². The van der Waals surface area contributed by atoms with Crippen molar-refractivity contribution in [3.05, 3.63) is 82.9 Å². The average molecular weight is 1020 g/mol. The molecule has 2 aromatic rings. The largest absolute Gasteiger partial charge is 0.462 e. The number of carbonyl (C=O) groups excluding carboxylic acids is 7. The van der Waals surface area contributed by atoms with Crippen molar-refractivity contribution in [1.29, 1.82) is 0 Å². The van der Waals surface area contributed by atoms with Crippen molar-refractivity contribution in [2.75, 3.05) is 34.0 Å². The number of hydrogen-bond donors (Lipinski definition) is 3. The number of rotatable bonds is 17. The van der Waals surface area contributed by atoms with Gasteiger partial charge in [0.15, 0.2) is 11.4 Å². The number of aliphatic hydroxyl groups is 1. The number of ketones is 2. The molecule has 0 spiro atoms. The SMILES string of the molecule is CC.COC1C(=O)[C@]2(C)C(OC)C[C@H]3OC[C@@]3(OC(C)=O)[C@@]2(C)[C@H](OC(=O)c2ccccc2)C2(O)C[C@H](COC(=O)[C@H](OC(=O)CCC(=O)CCN)C(NC(=O)OC(C)(C)C)c3ccccc3)C(C)=C1C2(C)C. The summed E-state index contributed by atoms with van der Waals surface area (Å²) in [5.41, 5.74) is -3.03. The van der Waals surface area contributed by atoms with E-state index >= 15 is 4.79 Å². The van der Waals surface area contributed by atoms with Gasteiger partial charge in [0.25, 0.3) is 0 Å². The van der Waals surface area contributed by atoms with Crippen molar-refractivity contribution < 1.29 is 76.6 Å². The highest BCUT2D eigenvalue weighted by molar-refractivity contribution is 5.95. The Morgan fingerprint density at radius 2 is 1.52 bits per heavy atom. The molecule has 1 amide bonds. The van der Waals surface area contributed by atoms with Crippen LogP contribution in [0.4, 0.5) is 4.79 Å². The van der Waals surface area contributed by atoms with E-state index in [0.717, 1.165) is 0 Å². The lowest BCUT2D eigenvalue weighted by atomic mass is 9.38. The molecule has 2 bridgehead atoms. The second-order valence-corrected chi connectivity index (χ2v) is 21.0. The highest BCUT2D eigenvalue weighted by Crippen LogP contribution is 2.70. The van der Waals surface area contributed by atoms with Gasteiger partial charge in [-0.1, -0.05) is 88.7 Å². The third-order valence-corrected chi connectivity index (χ3v) is 15.5. The Bertz CT molecular complexity index is 2380. The summed E-state index contributed by atoms with van der Waals surface area (Å²) in [6, 6.07) is 15.0. The van der Waals surface area contributed by atoms with Crippen LogP contribution >= 0.6 is 0 Å². The molecule has 0 radical (unpaired) electrons. The predicted octanol–water partition coefficient (Wildman–Crippen LogP) is 6.48. The minimum absolute atomic E-state index is 0.0251. The van der Waals surface area contributed by atoms with Gasteiger partial charge in [-0.05, 0) is 70.9 Å². The number of fused-ring (bicyclic) bond motifs is 5. The molecule has 4 N–H and O–H groups in total. The molecular weight excluding hydrogens is 945 g/mol. The maximum Gasteiger partial charge on any atom is 0.408 e. The Hall–Kier alpha value is -5.53. The fraction of sp³-hybridized carbons (Fsp3) is 0.618. The van der Waals surface area contributed by atoms with Crippen LogP contribution in [-0.4, -0.2) is 128 Å². The molecule has 4 unspecified atom stereocenters. The van der Waals surface area contributed by atoms with Gasteiger partial charge in [-0.15, -0.1) is 0 Å². The number of nitrogens with one attached hydrogen (secondary N) is 1. The maximum atomic E-state index is 15.9. The van der Waals surface area contributed by atoms with Gasteiger partial charge in [0.1, 0.15) is 41.3 Å². The lowest BCUT2D eigenvalue weighted by molar-refractivity contribution is -0.381. The molecule has 1 aliphatic heterocycles. The van der Waals surface area contributed by atoms with Crippen molar-refractivity contribution >= 4 is 41.5 Å². The molecule has 18 heteroatoms. The predicted molar refractivity (Wildman–Crippen MR) is 266 cm³/mol. The molecule has 6 rings (SSSR count). The first-order valence-electron chi connectivity index (χ1n) is 25.0. The summed E-state index contributed by atoms with van der Waals surface area (Å²) >= 11 is 0. The standard InChI is InChI=1S/C53H70N2O16.C2H6/c1-30-34(28-66-45(61)42(68-38(58)23-22-35(57)24-25-54)40(32-18-14-12-15-19-32)55-47(62)71-48(3,4)5)27-52(63)46(69-44(60)33-20-16-13-17-21-33)51(9)50(8,43(59)41(65-11)39(30)49(52,6)7)36(64-10)26-37-53(51,29-67-37)70-31(2)56;1-2/h12-21,34,36-37,40-42,46,63H,22-29,54H2,1-11H3,(H,55,62);1-2H3/t34-,36?,37-,40?,41?,42-,46+,50+,51+,52?,53+;/m1./s1. The molecule has 0 aromatic heterocycles. The summed E-state index contributed by atoms with van der Waals surface area (Å²) in [5.74, 6) is -5.37. The van der Waals surface area contributed by atoms with Gasteiger partial charge in [0, 0.05) is 51.7 Å². The minimum atomic E-state index is -2.20. The molecule has 11 atom stereocenters. The molecule has 1 heterocycles. The quantitative estimate of drug-likeness (QED) is 0.0871. The number of alkyl carbamates (subject to hydrolysis) is 1. The molecule has 402 valence electrons. The average Bonchev–Trinajstić information content (AvgIpc) is 3.34. The third kappa shape index (κ3) is 10.9. The van der Waals surface area contributed by atoms with Gasteiger partial charge in [-0.2, -0.15) is 0 Å². The van der Waals surface area contributed by atoms with Crippen LogP contribution in [0.1, 0.15) is 130 Å². The number of nitrogens with two attached hydrogens (primary N) is 1. The fourth-order valence-corrected chi connectivity index (χ4v) is 11.6. The normalized spacial score (nSPS) is 29.8. The number of esters is 4. The molecule has 3 aliphatic carbocycles. The van der Waals surface area contributed by atoms with Crippen LogP contribution in [-0.2, 0) is 61.9 Å². The van der Waals surface area contributed by atoms with Gasteiger partial charge in [-0.25, -0.2) is 14.4 Å². The van der Waals surface area contributed by atoms with Gasteiger partial charge >= 0.3 is 30.0 Å². The van der Waals surface area contributed by atoms with Crippen LogP contribution in [0.5, 0.6) is 0 Å². The van der Waals surface area contributed by atoms with Crippen molar-refractivity contribution in [3.63, 3.8) is 0 Å². The van der Waals surface area contributed by atoms with E-state index in [0.29, 0.717) is 16.7 Å². The van der Waals surface area contributed by atoms with E-state index in [4.69, 9.17) is 43.6 Å². The summed E-state index contributed by atoms with van der Waals surface area (Å²) in [5, 5.41) is 16.8. The number of ether oxygens (including phenoxy) is 8. The molecule has 18 nitrogen and oxygen atoms in total. The van der Waals surface area contributed by atoms with E-state index in [2.05, 4.69) is 5.32 Å².